The Morgan fingerprint density at radius 3 is 2.87 bits per heavy atom. The lowest BCUT2D eigenvalue weighted by molar-refractivity contribution is 0.529. The molecule has 0 aliphatic carbocycles. The van der Waals surface area contributed by atoms with Crippen LogP contribution in [-0.2, 0) is 6.54 Å². The molecule has 0 aromatic carbocycles. The average Bonchev–Trinajstić information content (AvgIpc) is 2.18. The van der Waals surface area contributed by atoms with Gasteiger partial charge in [-0.05, 0) is 26.0 Å². The Kier molecular flexibility index (Phi) is 4.56. The number of aromatic nitrogens is 1. The van der Waals surface area contributed by atoms with Gasteiger partial charge in [-0.1, -0.05) is 19.9 Å². The first-order valence-corrected chi connectivity index (χ1v) is 5.50. The topological polar surface area (TPSA) is 34.0 Å². The van der Waals surface area contributed by atoms with E-state index in [0.717, 1.165) is 25.1 Å². The molecule has 0 saturated carbocycles. The van der Waals surface area contributed by atoms with E-state index in [4.69, 9.17) is 0 Å². The second-order valence-electron chi connectivity index (χ2n) is 4.15. The number of nitrogens with zero attached hydrogens (tertiary/aromatic N) is 1. The van der Waals surface area contributed by atoms with Gasteiger partial charge in [-0.15, -0.1) is 0 Å². The van der Waals surface area contributed by atoms with Crippen LogP contribution in [0.5, 0.6) is 0 Å². The number of hydrogen-bond acceptors (Lipinski definition) is 2. The van der Waals surface area contributed by atoms with Crippen LogP contribution in [0.4, 0.5) is 0 Å². The zero-order chi connectivity index (χ0) is 11.3. The van der Waals surface area contributed by atoms with Crippen molar-refractivity contribution in [1.29, 1.82) is 0 Å². The molecule has 1 N–H and O–H groups in total. The van der Waals surface area contributed by atoms with Gasteiger partial charge in [0.15, 0.2) is 0 Å². The fraction of sp³-hybridized carbons (Fsp3) is 0.583. The Morgan fingerprint density at radius 1 is 1.47 bits per heavy atom. The molecule has 1 aromatic rings. The third-order valence-corrected chi connectivity index (χ3v) is 2.34. The minimum absolute atomic E-state index is 0.127. The highest BCUT2D eigenvalue weighted by Crippen LogP contribution is 1.91. The maximum Gasteiger partial charge on any atom is 0.253 e. The molecule has 3 nitrogen and oxygen atoms in total. The highest BCUT2D eigenvalue weighted by Gasteiger charge is 1.98. The van der Waals surface area contributed by atoms with Gasteiger partial charge in [-0.3, -0.25) is 4.79 Å². The van der Waals surface area contributed by atoms with E-state index in [-0.39, 0.29) is 5.56 Å². The van der Waals surface area contributed by atoms with Crippen LogP contribution in [0.25, 0.3) is 0 Å². The normalized spacial score (nSPS) is 10.9. The van der Waals surface area contributed by atoms with Crippen LogP contribution in [-0.4, -0.2) is 17.2 Å². The standard InChI is InChI=1S/C12H20N2O/c1-10(2)13-7-5-9-14-8-4-6-11(3)12(14)15/h4,6,8,10,13H,5,7,9H2,1-3H3. The summed E-state index contributed by atoms with van der Waals surface area (Å²) >= 11 is 0. The highest BCUT2D eigenvalue weighted by atomic mass is 16.1. The zero-order valence-corrected chi connectivity index (χ0v) is 9.79. The van der Waals surface area contributed by atoms with Crippen molar-refractivity contribution in [2.24, 2.45) is 0 Å². The molecule has 0 aliphatic rings. The molecule has 0 radical (unpaired) electrons. The quantitative estimate of drug-likeness (QED) is 0.745. The van der Waals surface area contributed by atoms with Crippen LogP contribution in [0.2, 0.25) is 0 Å². The van der Waals surface area contributed by atoms with Crippen molar-refractivity contribution < 1.29 is 0 Å². The molecule has 0 aliphatic heterocycles. The third kappa shape index (κ3) is 3.88. The van der Waals surface area contributed by atoms with E-state index < -0.39 is 0 Å². The molecule has 0 unspecified atom stereocenters. The van der Waals surface area contributed by atoms with E-state index in [1.807, 2.05) is 25.3 Å². The Morgan fingerprint density at radius 2 is 2.20 bits per heavy atom. The monoisotopic (exact) mass is 208 g/mol. The Labute approximate surface area is 91.1 Å². The molecule has 84 valence electrons. The fourth-order valence-electron chi connectivity index (χ4n) is 1.47. The van der Waals surface area contributed by atoms with Crippen molar-refractivity contribution in [2.75, 3.05) is 6.54 Å². The van der Waals surface area contributed by atoms with Gasteiger partial charge >= 0.3 is 0 Å². The number of rotatable bonds is 5. The van der Waals surface area contributed by atoms with Crippen molar-refractivity contribution in [3.05, 3.63) is 34.2 Å². The van der Waals surface area contributed by atoms with Crippen molar-refractivity contribution in [3.63, 3.8) is 0 Å². The van der Waals surface area contributed by atoms with Gasteiger partial charge in [-0.25, -0.2) is 0 Å². The first-order chi connectivity index (χ1) is 7.11. The molecular weight excluding hydrogens is 188 g/mol. The van der Waals surface area contributed by atoms with Crippen molar-refractivity contribution in [2.45, 2.75) is 39.8 Å². The fourth-order valence-corrected chi connectivity index (χ4v) is 1.47. The van der Waals surface area contributed by atoms with Crippen LogP contribution in [0.3, 0.4) is 0 Å². The van der Waals surface area contributed by atoms with E-state index in [1.165, 1.54) is 0 Å². The lowest BCUT2D eigenvalue weighted by Gasteiger charge is -2.09. The Balaban J connectivity index is 2.44. The third-order valence-electron chi connectivity index (χ3n) is 2.34. The van der Waals surface area contributed by atoms with Gasteiger partial charge in [0.05, 0.1) is 0 Å². The minimum atomic E-state index is 0.127. The molecule has 1 heterocycles. The molecule has 0 atom stereocenters. The first kappa shape index (κ1) is 12.0. The van der Waals surface area contributed by atoms with Crippen LogP contribution in [0.15, 0.2) is 23.1 Å². The lowest BCUT2D eigenvalue weighted by Crippen LogP contribution is -2.27. The van der Waals surface area contributed by atoms with Gasteiger partial charge in [0.1, 0.15) is 0 Å². The molecule has 0 spiro atoms. The molecule has 0 fully saturated rings. The number of pyridine rings is 1. The molecule has 1 aromatic heterocycles. The van der Waals surface area contributed by atoms with Gasteiger partial charge < -0.3 is 9.88 Å². The number of hydrogen-bond donors (Lipinski definition) is 1. The summed E-state index contributed by atoms with van der Waals surface area (Å²) in [6.45, 7) is 7.85. The molecule has 3 heteroatoms. The molecule has 0 amide bonds. The van der Waals surface area contributed by atoms with E-state index in [2.05, 4.69) is 19.2 Å². The van der Waals surface area contributed by atoms with Crippen LogP contribution < -0.4 is 10.9 Å². The summed E-state index contributed by atoms with van der Waals surface area (Å²) in [6, 6.07) is 4.29. The summed E-state index contributed by atoms with van der Waals surface area (Å²) in [5.74, 6) is 0. The summed E-state index contributed by atoms with van der Waals surface area (Å²) in [4.78, 5) is 11.6. The van der Waals surface area contributed by atoms with Crippen molar-refractivity contribution in [3.8, 4) is 0 Å². The summed E-state index contributed by atoms with van der Waals surface area (Å²) in [6.07, 6.45) is 2.84. The minimum Gasteiger partial charge on any atom is -0.315 e. The van der Waals surface area contributed by atoms with E-state index >= 15 is 0 Å². The summed E-state index contributed by atoms with van der Waals surface area (Å²) in [7, 11) is 0. The highest BCUT2D eigenvalue weighted by molar-refractivity contribution is 5.07. The number of nitrogens with one attached hydrogen (secondary N) is 1. The second-order valence-corrected chi connectivity index (χ2v) is 4.15. The summed E-state index contributed by atoms with van der Waals surface area (Å²) < 4.78 is 1.78. The van der Waals surface area contributed by atoms with Gasteiger partial charge in [-0.2, -0.15) is 0 Å². The maximum absolute atomic E-state index is 11.6. The maximum atomic E-state index is 11.6. The summed E-state index contributed by atoms with van der Waals surface area (Å²) in [5, 5.41) is 3.33. The van der Waals surface area contributed by atoms with Gasteiger partial charge in [0.25, 0.3) is 5.56 Å². The predicted octanol–water partition coefficient (Wildman–Crippen LogP) is 1.54. The summed E-state index contributed by atoms with van der Waals surface area (Å²) in [5.41, 5.74) is 0.941. The number of aryl methyl sites for hydroxylation is 2. The lowest BCUT2D eigenvalue weighted by atomic mass is 10.3. The van der Waals surface area contributed by atoms with Crippen molar-refractivity contribution >= 4 is 0 Å². The Bertz CT molecular complexity index is 355. The van der Waals surface area contributed by atoms with Crippen LogP contribution >= 0.6 is 0 Å². The van der Waals surface area contributed by atoms with Gasteiger partial charge in [0.2, 0.25) is 0 Å². The molecule has 1 rings (SSSR count). The molecule has 0 saturated heterocycles. The smallest absolute Gasteiger partial charge is 0.253 e. The Hall–Kier alpha value is -1.09. The van der Waals surface area contributed by atoms with Crippen molar-refractivity contribution in [1.82, 2.24) is 9.88 Å². The molecule has 15 heavy (non-hydrogen) atoms. The van der Waals surface area contributed by atoms with Crippen LogP contribution in [0, 0.1) is 6.92 Å². The predicted molar refractivity (Wildman–Crippen MR) is 63.2 cm³/mol. The molecular formula is C12H20N2O. The van der Waals surface area contributed by atoms with E-state index in [1.54, 1.807) is 4.57 Å². The zero-order valence-electron chi connectivity index (χ0n) is 9.79. The largest absolute Gasteiger partial charge is 0.315 e. The average molecular weight is 208 g/mol. The van der Waals surface area contributed by atoms with E-state index in [0.29, 0.717) is 6.04 Å². The van der Waals surface area contributed by atoms with Crippen LogP contribution in [0.1, 0.15) is 25.8 Å². The first-order valence-electron chi connectivity index (χ1n) is 5.50. The molecule has 0 bridgehead atoms. The van der Waals surface area contributed by atoms with E-state index in [9.17, 15) is 4.79 Å². The SMILES string of the molecule is Cc1cccn(CCCNC(C)C)c1=O. The second kappa shape index (κ2) is 5.71. The van der Waals surface area contributed by atoms with Gasteiger partial charge in [0, 0.05) is 24.3 Å².